The molecule has 6 aromatic rings. The maximum absolute atomic E-state index is 13.3. The molecule has 7 heteroatoms. The standard InChI is InChI=1S/C31H22F3N2O.ClH/c32-31(33,34)22-12-10-21(11-13-22)30(26-17-35-28-9-5-4-8-24(26)28)27-18-36-29-16-23(14-15-25(27)29)37-19-20-6-2-1-3-7-20;/h1-18,35-36H,19H2;1H. The third-order valence-corrected chi connectivity index (χ3v) is 6.53. The molecule has 2 aromatic heterocycles. The fraction of sp³-hybridized carbons (Fsp3) is 0.0645. The van der Waals surface area contributed by atoms with Crippen molar-refractivity contribution < 1.29 is 17.9 Å². The number of halogens is 4. The van der Waals surface area contributed by atoms with E-state index < -0.39 is 11.7 Å². The second-order valence-electron chi connectivity index (χ2n) is 8.88. The van der Waals surface area contributed by atoms with E-state index >= 15 is 0 Å². The predicted octanol–water partition coefficient (Wildman–Crippen LogP) is 8.69. The number of nitrogens with one attached hydrogen (secondary N) is 2. The summed E-state index contributed by atoms with van der Waals surface area (Å²) in [6, 6.07) is 29.0. The van der Waals surface area contributed by atoms with Crippen molar-refractivity contribution in [3.05, 3.63) is 143 Å². The van der Waals surface area contributed by atoms with Gasteiger partial charge in [0.2, 0.25) is 0 Å². The number of aromatic amines is 2. The molecule has 0 unspecified atom stereocenters. The van der Waals surface area contributed by atoms with Gasteiger partial charge in [0, 0.05) is 40.3 Å². The summed E-state index contributed by atoms with van der Waals surface area (Å²) in [5.41, 5.74) is 4.75. The second-order valence-corrected chi connectivity index (χ2v) is 8.88. The average Bonchev–Trinajstić information content (AvgIpc) is 3.53. The maximum atomic E-state index is 13.3. The molecule has 1 radical (unpaired) electrons. The third-order valence-electron chi connectivity index (χ3n) is 6.53. The van der Waals surface area contributed by atoms with Crippen LogP contribution in [0.3, 0.4) is 0 Å². The van der Waals surface area contributed by atoms with Crippen molar-refractivity contribution in [1.82, 2.24) is 9.97 Å². The van der Waals surface area contributed by atoms with Crippen LogP contribution in [0.25, 0.3) is 21.8 Å². The zero-order valence-corrected chi connectivity index (χ0v) is 20.9. The average molecular weight is 532 g/mol. The highest BCUT2D eigenvalue weighted by Gasteiger charge is 2.31. The minimum Gasteiger partial charge on any atom is -0.489 e. The van der Waals surface area contributed by atoms with Crippen LogP contribution in [0.1, 0.15) is 27.8 Å². The van der Waals surface area contributed by atoms with Crippen LogP contribution in [0, 0.1) is 5.92 Å². The summed E-state index contributed by atoms with van der Waals surface area (Å²) in [7, 11) is 0. The Morgan fingerprint density at radius 2 is 1.32 bits per heavy atom. The first-order valence-corrected chi connectivity index (χ1v) is 11.9. The Hall–Kier alpha value is -4.16. The molecule has 2 N–H and O–H groups in total. The van der Waals surface area contributed by atoms with Crippen LogP contribution in [-0.2, 0) is 12.8 Å². The lowest BCUT2D eigenvalue weighted by Crippen LogP contribution is -2.07. The molecule has 0 amide bonds. The van der Waals surface area contributed by atoms with Gasteiger partial charge in [0.25, 0.3) is 0 Å². The lowest BCUT2D eigenvalue weighted by molar-refractivity contribution is -0.137. The van der Waals surface area contributed by atoms with Crippen LogP contribution in [0.5, 0.6) is 5.75 Å². The van der Waals surface area contributed by atoms with Gasteiger partial charge in [-0.2, -0.15) is 13.2 Å². The van der Waals surface area contributed by atoms with Crippen molar-refractivity contribution in [2.75, 3.05) is 0 Å². The van der Waals surface area contributed by atoms with Crippen molar-refractivity contribution in [3.63, 3.8) is 0 Å². The van der Waals surface area contributed by atoms with E-state index in [1.165, 1.54) is 12.1 Å². The molecule has 0 spiro atoms. The Labute approximate surface area is 223 Å². The van der Waals surface area contributed by atoms with Crippen molar-refractivity contribution in [3.8, 4) is 5.75 Å². The molecule has 0 bridgehead atoms. The highest BCUT2D eigenvalue weighted by molar-refractivity contribution is 5.93. The third kappa shape index (κ3) is 4.87. The van der Waals surface area contributed by atoms with E-state index in [9.17, 15) is 13.2 Å². The number of aromatic nitrogens is 2. The summed E-state index contributed by atoms with van der Waals surface area (Å²) in [6.07, 6.45) is -0.579. The molecule has 38 heavy (non-hydrogen) atoms. The lowest BCUT2D eigenvalue weighted by atomic mass is 9.84. The van der Waals surface area contributed by atoms with Gasteiger partial charge in [0.05, 0.1) is 11.5 Å². The molecule has 0 atom stereocenters. The van der Waals surface area contributed by atoms with Crippen LogP contribution in [0.15, 0.2) is 109 Å². The Kier molecular flexibility index (Phi) is 6.91. The van der Waals surface area contributed by atoms with Gasteiger partial charge in [-0.15, -0.1) is 12.4 Å². The number of rotatable bonds is 6. The number of fused-ring (bicyclic) bond motifs is 2. The number of H-pyrrole nitrogens is 2. The summed E-state index contributed by atoms with van der Waals surface area (Å²) in [6.45, 7) is 0.457. The summed E-state index contributed by atoms with van der Waals surface area (Å²) in [5.74, 6) is 1.57. The fourth-order valence-electron chi connectivity index (χ4n) is 4.70. The van der Waals surface area contributed by atoms with Gasteiger partial charge < -0.3 is 14.7 Å². The van der Waals surface area contributed by atoms with E-state index in [0.29, 0.717) is 12.2 Å². The quantitative estimate of drug-likeness (QED) is 0.222. The molecule has 2 heterocycles. The molecular formula is C31H23ClF3N2O. The Morgan fingerprint density at radius 1 is 0.684 bits per heavy atom. The van der Waals surface area contributed by atoms with Crippen LogP contribution in [0.4, 0.5) is 13.2 Å². The number of para-hydroxylation sites is 1. The molecule has 0 fully saturated rings. The van der Waals surface area contributed by atoms with Gasteiger partial charge in [0.1, 0.15) is 12.4 Å². The SMILES string of the molecule is Cl.FC(F)(F)c1ccc([C](c2c[nH]c3ccccc23)c2c[nH]c3cc(OCc4ccccc4)ccc23)cc1. The Bertz CT molecular complexity index is 1670. The van der Waals surface area contributed by atoms with E-state index in [1.807, 2.05) is 85.2 Å². The summed E-state index contributed by atoms with van der Waals surface area (Å²) in [4.78, 5) is 6.63. The van der Waals surface area contributed by atoms with Gasteiger partial charge in [-0.05, 0) is 52.6 Å². The summed E-state index contributed by atoms with van der Waals surface area (Å²) < 4.78 is 45.8. The molecule has 0 aliphatic carbocycles. The lowest BCUT2D eigenvalue weighted by Gasteiger charge is -2.17. The van der Waals surface area contributed by atoms with Crippen molar-refractivity contribution in [2.45, 2.75) is 12.8 Å². The van der Waals surface area contributed by atoms with E-state index in [-0.39, 0.29) is 12.4 Å². The maximum Gasteiger partial charge on any atom is 0.416 e. The minimum atomic E-state index is -4.39. The van der Waals surface area contributed by atoms with Gasteiger partial charge in [-0.3, -0.25) is 0 Å². The van der Waals surface area contributed by atoms with E-state index in [2.05, 4.69) is 9.97 Å². The van der Waals surface area contributed by atoms with Crippen LogP contribution < -0.4 is 4.74 Å². The van der Waals surface area contributed by atoms with Crippen molar-refractivity contribution in [1.29, 1.82) is 0 Å². The first kappa shape index (κ1) is 25.5. The molecule has 0 aliphatic rings. The summed E-state index contributed by atoms with van der Waals surface area (Å²) >= 11 is 0. The number of benzene rings is 4. The molecule has 3 nitrogen and oxygen atoms in total. The Morgan fingerprint density at radius 3 is 2.03 bits per heavy atom. The summed E-state index contributed by atoms with van der Waals surface area (Å²) in [5, 5.41) is 1.95. The zero-order chi connectivity index (χ0) is 25.4. The smallest absolute Gasteiger partial charge is 0.416 e. The van der Waals surface area contributed by atoms with Gasteiger partial charge >= 0.3 is 6.18 Å². The van der Waals surface area contributed by atoms with Crippen LogP contribution >= 0.6 is 12.4 Å². The highest BCUT2D eigenvalue weighted by Crippen LogP contribution is 2.40. The largest absolute Gasteiger partial charge is 0.489 e. The zero-order valence-electron chi connectivity index (χ0n) is 20.0. The molecule has 0 saturated heterocycles. The molecule has 0 aliphatic heterocycles. The molecular weight excluding hydrogens is 509 g/mol. The van der Waals surface area contributed by atoms with Crippen molar-refractivity contribution >= 4 is 34.2 Å². The fourth-order valence-corrected chi connectivity index (χ4v) is 4.70. The van der Waals surface area contributed by atoms with Crippen LogP contribution in [-0.4, -0.2) is 9.97 Å². The van der Waals surface area contributed by atoms with Gasteiger partial charge in [-0.25, -0.2) is 0 Å². The Balaban J connectivity index is 0.00000294. The first-order valence-electron chi connectivity index (χ1n) is 11.9. The number of ether oxygens (including phenoxy) is 1. The number of alkyl halides is 3. The van der Waals surface area contributed by atoms with E-state index in [4.69, 9.17) is 4.74 Å². The number of hydrogen-bond acceptors (Lipinski definition) is 1. The normalized spacial score (nSPS) is 11.7. The van der Waals surface area contributed by atoms with E-state index in [0.717, 1.165) is 62.3 Å². The topological polar surface area (TPSA) is 40.8 Å². The molecule has 4 aromatic carbocycles. The van der Waals surface area contributed by atoms with Crippen LogP contribution in [0.2, 0.25) is 0 Å². The molecule has 191 valence electrons. The minimum absolute atomic E-state index is 0. The second kappa shape index (κ2) is 10.3. The monoisotopic (exact) mass is 531 g/mol. The number of hydrogen-bond donors (Lipinski definition) is 2. The van der Waals surface area contributed by atoms with Crippen molar-refractivity contribution in [2.24, 2.45) is 0 Å². The first-order chi connectivity index (χ1) is 18.0. The van der Waals surface area contributed by atoms with Gasteiger partial charge in [0.15, 0.2) is 0 Å². The molecule has 0 saturated carbocycles. The predicted molar refractivity (Wildman–Crippen MR) is 147 cm³/mol. The van der Waals surface area contributed by atoms with E-state index in [1.54, 1.807) is 0 Å². The highest BCUT2D eigenvalue weighted by atomic mass is 35.5. The molecule has 6 rings (SSSR count). The van der Waals surface area contributed by atoms with Gasteiger partial charge in [-0.1, -0.05) is 60.7 Å².